The van der Waals surface area contributed by atoms with Gasteiger partial charge in [0.25, 0.3) is 0 Å². The number of likely N-dealkylation sites (N-methyl/N-ethyl adjacent to an activating group) is 1. The highest BCUT2D eigenvalue weighted by Gasteiger charge is 2.29. The number of ketones is 1. The van der Waals surface area contributed by atoms with Gasteiger partial charge in [-0.3, -0.25) is 9.69 Å². The molecule has 1 aliphatic heterocycles. The Balaban J connectivity index is 2.15. The third-order valence-corrected chi connectivity index (χ3v) is 3.02. The van der Waals surface area contributed by atoms with Gasteiger partial charge in [0, 0.05) is 13.0 Å². The second-order valence-corrected chi connectivity index (χ2v) is 4.05. The molecular formula is C12H15NO2. The molecule has 1 N–H and O–H groups in total. The fourth-order valence-corrected chi connectivity index (χ4v) is 2.02. The summed E-state index contributed by atoms with van der Waals surface area (Å²) < 4.78 is 0. The fraction of sp³-hybridized carbons (Fsp3) is 0.417. The van der Waals surface area contributed by atoms with Gasteiger partial charge in [-0.05, 0) is 25.1 Å². The molecular weight excluding hydrogens is 190 g/mol. The van der Waals surface area contributed by atoms with Crippen LogP contribution in [-0.2, 0) is 11.2 Å². The molecule has 1 aliphatic rings. The largest absolute Gasteiger partial charge is 0.508 e. The lowest BCUT2D eigenvalue weighted by atomic mass is 10.0. The highest BCUT2D eigenvalue weighted by Crippen LogP contribution is 2.22. The van der Waals surface area contributed by atoms with Gasteiger partial charge in [0.15, 0.2) is 5.78 Å². The number of carbonyl (C=O) groups excluding carboxylic acids is 1. The second-order valence-electron chi connectivity index (χ2n) is 4.05. The maximum Gasteiger partial charge on any atom is 0.151 e. The number of phenols is 1. The van der Waals surface area contributed by atoms with E-state index in [0.717, 1.165) is 12.1 Å². The molecule has 0 radical (unpaired) electrons. The zero-order valence-electron chi connectivity index (χ0n) is 8.81. The lowest BCUT2D eigenvalue weighted by Crippen LogP contribution is -2.31. The van der Waals surface area contributed by atoms with Gasteiger partial charge in [0.2, 0.25) is 0 Å². The van der Waals surface area contributed by atoms with Crippen LogP contribution < -0.4 is 0 Å². The van der Waals surface area contributed by atoms with E-state index in [9.17, 15) is 9.90 Å². The Hall–Kier alpha value is -1.35. The summed E-state index contributed by atoms with van der Waals surface area (Å²) in [5.41, 5.74) is 0.851. The number of Topliss-reactive ketones (excluding diaryl/α,β-unsaturated/α-hetero) is 1. The molecule has 1 unspecified atom stereocenters. The SMILES string of the molecule is CN1CCC(=O)C1Cc1ccccc1O. The first-order valence-electron chi connectivity index (χ1n) is 5.18. The number of hydrogen-bond donors (Lipinski definition) is 1. The Labute approximate surface area is 89.3 Å². The molecule has 1 saturated heterocycles. The molecule has 3 heteroatoms. The van der Waals surface area contributed by atoms with Crippen molar-refractivity contribution in [2.45, 2.75) is 18.9 Å². The van der Waals surface area contributed by atoms with E-state index in [2.05, 4.69) is 4.90 Å². The van der Waals surface area contributed by atoms with Crippen LogP contribution in [0, 0.1) is 0 Å². The molecule has 1 heterocycles. The van der Waals surface area contributed by atoms with Crippen molar-refractivity contribution in [3.05, 3.63) is 29.8 Å². The van der Waals surface area contributed by atoms with Crippen LogP contribution in [-0.4, -0.2) is 35.4 Å². The Kier molecular flexibility index (Phi) is 2.73. The third kappa shape index (κ3) is 2.02. The minimum atomic E-state index is -0.0571. The topological polar surface area (TPSA) is 40.5 Å². The molecule has 0 saturated carbocycles. The lowest BCUT2D eigenvalue weighted by Gasteiger charge is -2.18. The average Bonchev–Trinajstić information content (AvgIpc) is 2.53. The number of carbonyl (C=O) groups is 1. The molecule has 0 bridgehead atoms. The van der Waals surface area contributed by atoms with E-state index in [4.69, 9.17) is 0 Å². The van der Waals surface area contributed by atoms with Crippen molar-refractivity contribution < 1.29 is 9.90 Å². The van der Waals surface area contributed by atoms with Crippen LogP contribution in [0.3, 0.4) is 0 Å². The lowest BCUT2D eigenvalue weighted by molar-refractivity contribution is -0.119. The second kappa shape index (κ2) is 4.03. The Morgan fingerprint density at radius 3 is 2.80 bits per heavy atom. The molecule has 0 amide bonds. The van der Waals surface area contributed by atoms with Crippen LogP contribution >= 0.6 is 0 Å². The highest BCUT2D eigenvalue weighted by atomic mass is 16.3. The highest BCUT2D eigenvalue weighted by molar-refractivity contribution is 5.86. The quantitative estimate of drug-likeness (QED) is 0.789. The van der Waals surface area contributed by atoms with Crippen molar-refractivity contribution in [1.29, 1.82) is 0 Å². The Morgan fingerprint density at radius 1 is 1.47 bits per heavy atom. The summed E-state index contributed by atoms with van der Waals surface area (Å²) >= 11 is 0. The van der Waals surface area contributed by atoms with E-state index in [0.29, 0.717) is 12.8 Å². The van der Waals surface area contributed by atoms with Gasteiger partial charge in [0.1, 0.15) is 5.75 Å². The average molecular weight is 205 g/mol. The molecule has 80 valence electrons. The first-order chi connectivity index (χ1) is 7.18. The maximum atomic E-state index is 11.6. The van der Waals surface area contributed by atoms with E-state index in [-0.39, 0.29) is 17.6 Å². The standard InChI is InChI=1S/C12H15NO2/c1-13-7-6-12(15)10(13)8-9-4-2-3-5-11(9)14/h2-5,10,14H,6-8H2,1H3. The number of rotatable bonds is 2. The van der Waals surface area contributed by atoms with Gasteiger partial charge < -0.3 is 5.11 Å². The normalized spacial score (nSPS) is 22.2. The summed E-state index contributed by atoms with van der Waals surface area (Å²) in [6.45, 7) is 0.830. The summed E-state index contributed by atoms with van der Waals surface area (Å²) in [6.07, 6.45) is 1.25. The van der Waals surface area contributed by atoms with Crippen LogP contribution in [0.5, 0.6) is 5.75 Å². The van der Waals surface area contributed by atoms with Gasteiger partial charge >= 0.3 is 0 Å². The number of phenolic OH excluding ortho intramolecular Hbond substituents is 1. The van der Waals surface area contributed by atoms with Crippen molar-refractivity contribution in [2.24, 2.45) is 0 Å². The van der Waals surface area contributed by atoms with E-state index in [1.54, 1.807) is 12.1 Å². The molecule has 15 heavy (non-hydrogen) atoms. The summed E-state index contributed by atoms with van der Waals surface area (Å²) in [7, 11) is 1.95. The molecule has 0 aliphatic carbocycles. The van der Waals surface area contributed by atoms with Crippen molar-refractivity contribution in [3.63, 3.8) is 0 Å². The summed E-state index contributed by atoms with van der Waals surface area (Å²) in [4.78, 5) is 13.6. The smallest absolute Gasteiger partial charge is 0.151 e. The number of hydrogen-bond acceptors (Lipinski definition) is 3. The maximum absolute atomic E-state index is 11.6. The number of likely N-dealkylation sites (tertiary alicyclic amines) is 1. The van der Waals surface area contributed by atoms with Crippen molar-refractivity contribution >= 4 is 5.78 Å². The van der Waals surface area contributed by atoms with E-state index >= 15 is 0 Å². The zero-order valence-corrected chi connectivity index (χ0v) is 8.81. The Morgan fingerprint density at radius 2 is 2.20 bits per heavy atom. The summed E-state index contributed by atoms with van der Waals surface area (Å²) in [5, 5.41) is 9.61. The van der Waals surface area contributed by atoms with Crippen LogP contribution in [0.1, 0.15) is 12.0 Å². The van der Waals surface area contributed by atoms with Gasteiger partial charge in [0.05, 0.1) is 6.04 Å². The Bertz CT molecular complexity index is 376. The predicted molar refractivity (Wildman–Crippen MR) is 57.9 cm³/mol. The molecule has 0 spiro atoms. The van der Waals surface area contributed by atoms with Gasteiger partial charge in [-0.2, -0.15) is 0 Å². The number of para-hydroxylation sites is 1. The summed E-state index contributed by atoms with van der Waals surface area (Å²) in [6, 6.07) is 7.15. The fourth-order valence-electron chi connectivity index (χ4n) is 2.02. The number of nitrogens with zero attached hydrogens (tertiary/aromatic N) is 1. The molecule has 1 aromatic rings. The monoisotopic (exact) mass is 205 g/mol. The van der Waals surface area contributed by atoms with Crippen LogP contribution in [0.2, 0.25) is 0 Å². The first-order valence-corrected chi connectivity index (χ1v) is 5.18. The minimum Gasteiger partial charge on any atom is -0.508 e. The van der Waals surface area contributed by atoms with Crippen LogP contribution in [0.15, 0.2) is 24.3 Å². The van der Waals surface area contributed by atoms with Gasteiger partial charge in [-0.1, -0.05) is 18.2 Å². The van der Waals surface area contributed by atoms with Crippen LogP contribution in [0.4, 0.5) is 0 Å². The molecule has 1 aromatic carbocycles. The minimum absolute atomic E-state index is 0.0571. The van der Waals surface area contributed by atoms with Crippen LogP contribution in [0.25, 0.3) is 0 Å². The molecule has 2 rings (SSSR count). The van der Waals surface area contributed by atoms with E-state index in [1.807, 2.05) is 19.2 Å². The number of aromatic hydroxyl groups is 1. The molecule has 1 fully saturated rings. The third-order valence-electron chi connectivity index (χ3n) is 3.02. The van der Waals surface area contributed by atoms with Gasteiger partial charge in [-0.15, -0.1) is 0 Å². The van der Waals surface area contributed by atoms with Gasteiger partial charge in [-0.25, -0.2) is 0 Å². The van der Waals surface area contributed by atoms with E-state index < -0.39 is 0 Å². The van der Waals surface area contributed by atoms with E-state index in [1.165, 1.54) is 0 Å². The molecule has 3 nitrogen and oxygen atoms in total. The zero-order chi connectivity index (χ0) is 10.8. The summed E-state index contributed by atoms with van der Waals surface area (Å²) in [5.74, 6) is 0.561. The van der Waals surface area contributed by atoms with Crippen molar-refractivity contribution in [1.82, 2.24) is 4.90 Å². The molecule has 0 aromatic heterocycles. The van der Waals surface area contributed by atoms with Crippen molar-refractivity contribution in [2.75, 3.05) is 13.6 Å². The number of benzene rings is 1. The van der Waals surface area contributed by atoms with Crippen molar-refractivity contribution in [3.8, 4) is 5.75 Å². The predicted octanol–water partition coefficient (Wildman–Crippen LogP) is 1.21. The molecule has 1 atom stereocenters. The first kappa shape index (κ1) is 10.2.